The summed E-state index contributed by atoms with van der Waals surface area (Å²) in [7, 11) is 0. The normalized spacial score (nSPS) is 10.1. The van der Waals surface area contributed by atoms with Crippen LogP contribution in [0.5, 0.6) is 5.75 Å². The number of para-hydroxylation sites is 1. The van der Waals surface area contributed by atoms with E-state index in [4.69, 9.17) is 4.74 Å². The van der Waals surface area contributed by atoms with Crippen LogP contribution in [0.25, 0.3) is 0 Å². The van der Waals surface area contributed by atoms with E-state index in [2.05, 4.69) is 5.32 Å². The van der Waals surface area contributed by atoms with Gasteiger partial charge in [0.1, 0.15) is 18.2 Å². The summed E-state index contributed by atoms with van der Waals surface area (Å²) in [6, 6.07) is 13.8. The molecule has 0 radical (unpaired) electrons. The van der Waals surface area contributed by atoms with E-state index < -0.39 is 11.7 Å². The van der Waals surface area contributed by atoms with Gasteiger partial charge in [0.15, 0.2) is 0 Å². The highest BCUT2D eigenvalue weighted by Gasteiger charge is 2.10. The van der Waals surface area contributed by atoms with Crippen LogP contribution in [-0.2, 0) is 0 Å². The molecule has 104 valence electrons. The zero-order chi connectivity index (χ0) is 14.4. The smallest absolute Gasteiger partial charge is 0.254 e. The van der Waals surface area contributed by atoms with Crippen molar-refractivity contribution in [1.29, 1.82) is 0 Å². The SMILES string of the molecule is Cc1ccc(C(=O)NCCOc2ccccc2)c(F)c1. The molecule has 0 heterocycles. The molecule has 0 saturated heterocycles. The van der Waals surface area contributed by atoms with Gasteiger partial charge in [-0.3, -0.25) is 4.79 Å². The first-order valence-electron chi connectivity index (χ1n) is 6.39. The van der Waals surface area contributed by atoms with Gasteiger partial charge in [0, 0.05) is 0 Å². The van der Waals surface area contributed by atoms with E-state index in [9.17, 15) is 9.18 Å². The Morgan fingerprint density at radius 2 is 1.95 bits per heavy atom. The molecule has 2 aromatic carbocycles. The monoisotopic (exact) mass is 273 g/mol. The van der Waals surface area contributed by atoms with Crippen molar-refractivity contribution >= 4 is 5.91 Å². The number of carbonyl (C=O) groups excluding carboxylic acids is 1. The topological polar surface area (TPSA) is 38.3 Å². The molecule has 0 aliphatic heterocycles. The fourth-order valence-corrected chi connectivity index (χ4v) is 1.75. The molecule has 2 rings (SSSR count). The highest BCUT2D eigenvalue weighted by Crippen LogP contribution is 2.10. The van der Waals surface area contributed by atoms with Crippen LogP contribution in [0, 0.1) is 12.7 Å². The zero-order valence-electron chi connectivity index (χ0n) is 11.2. The number of hydrogen-bond donors (Lipinski definition) is 1. The maximum absolute atomic E-state index is 13.6. The summed E-state index contributed by atoms with van der Waals surface area (Å²) >= 11 is 0. The fourth-order valence-electron chi connectivity index (χ4n) is 1.75. The second-order valence-corrected chi connectivity index (χ2v) is 4.40. The third kappa shape index (κ3) is 3.82. The van der Waals surface area contributed by atoms with Crippen LogP contribution >= 0.6 is 0 Å². The summed E-state index contributed by atoms with van der Waals surface area (Å²) in [4.78, 5) is 11.8. The highest BCUT2D eigenvalue weighted by molar-refractivity contribution is 5.94. The molecule has 0 bridgehead atoms. The number of nitrogens with one attached hydrogen (secondary N) is 1. The summed E-state index contributed by atoms with van der Waals surface area (Å²) in [5.41, 5.74) is 0.835. The van der Waals surface area contributed by atoms with Crippen LogP contribution in [-0.4, -0.2) is 19.1 Å². The van der Waals surface area contributed by atoms with Crippen molar-refractivity contribution in [3.8, 4) is 5.75 Å². The average Bonchev–Trinajstić information content (AvgIpc) is 2.44. The molecule has 0 unspecified atom stereocenters. The van der Waals surface area contributed by atoms with Crippen LogP contribution in [0.15, 0.2) is 48.5 Å². The Labute approximate surface area is 117 Å². The Bertz CT molecular complexity index is 584. The van der Waals surface area contributed by atoms with Gasteiger partial charge in [-0.1, -0.05) is 24.3 Å². The quantitative estimate of drug-likeness (QED) is 0.851. The van der Waals surface area contributed by atoms with E-state index in [1.807, 2.05) is 30.3 Å². The van der Waals surface area contributed by atoms with E-state index in [-0.39, 0.29) is 5.56 Å². The van der Waals surface area contributed by atoms with Crippen molar-refractivity contribution in [3.63, 3.8) is 0 Å². The first-order valence-corrected chi connectivity index (χ1v) is 6.39. The minimum Gasteiger partial charge on any atom is -0.492 e. The van der Waals surface area contributed by atoms with Crippen LogP contribution in [0.3, 0.4) is 0 Å². The zero-order valence-corrected chi connectivity index (χ0v) is 11.2. The van der Waals surface area contributed by atoms with Gasteiger partial charge < -0.3 is 10.1 Å². The van der Waals surface area contributed by atoms with Crippen molar-refractivity contribution < 1.29 is 13.9 Å². The lowest BCUT2D eigenvalue weighted by Crippen LogP contribution is -2.28. The number of carbonyl (C=O) groups is 1. The lowest BCUT2D eigenvalue weighted by Gasteiger charge is -2.08. The Kier molecular flexibility index (Phi) is 4.71. The second-order valence-electron chi connectivity index (χ2n) is 4.40. The molecule has 1 N–H and O–H groups in total. The third-order valence-electron chi connectivity index (χ3n) is 2.77. The molecule has 0 aliphatic rings. The number of ether oxygens (including phenoxy) is 1. The Morgan fingerprint density at radius 1 is 1.20 bits per heavy atom. The number of amides is 1. The van der Waals surface area contributed by atoms with Gasteiger partial charge in [0.05, 0.1) is 12.1 Å². The lowest BCUT2D eigenvalue weighted by atomic mass is 10.1. The van der Waals surface area contributed by atoms with Gasteiger partial charge in [-0.25, -0.2) is 4.39 Å². The molecule has 2 aromatic rings. The van der Waals surface area contributed by atoms with Crippen LogP contribution in [0.2, 0.25) is 0 Å². The first-order chi connectivity index (χ1) is 9.66. The molecule has 1 amide bonds. The van der Waals surface area contributed by atoms with Crippen LogP contribution in [0.4, 0.5) is 4.39 Å². The molecular weight excluding hydrogens is 257 g/mol. The summed E-state index contributed by atoms with van der Waals surface area (Å²) < 4.78 is 19.0. The largest absolute Gasteiger partial charge is 0.492 e. The summed E-state index contributed by atoms with van der Waals surface area (Å²) in [5.74, 6) is -0.200. The van der Waals surface area contributed by atoms with Crippen molar-refractivity contribution in [3.05, 3.63) is 65.5 Å². The summed E-state index contributed by atoms with van der Waals surface area (Å²) in [6.45, 7) is 2.43. The minimum absolute atomic E-state index is 0.0512. The molecule has 0 spiro atoms. The molecule has 20 heavy (non-hydrogen) atoms. The minimum atomic E-state index is -0.508. The standard InChI is InChI=1S/C16H16FNO2/c1-12-7-8-14(15(17)11-12)16(19)18-9-10-20-13-5-3-2-4-6-13/h2-8,11H,9-10H2,1H3,(H,18,19). The van der Waals surface area contributed by atoms with E-state index in [0.29, 0.717) is 13.2 Å². The Hall–Kier alpha value is -2.36. The number of halogens is 1. The van der Waals surface area contributed by atoms with E-state index in [1.165, 1.54) is 12.1 Å². The van der Waals surface area contributed by atoms with Crippen LogP contribution in [0.1, 0.15) is 15.9 Å². The molecule has 0 fully saturated rings. The first kappa shape index (κ1) is 14.1. The van der Waals surface area contributed by atoms with Gasteiger partial charge >= 0.3 is 0 Å². The van der Waals surface area contributed by atoms with Gasteiger partial charge in [-0.05, 0) is 36.8 Å². The average molecular weight is 273 g/mol. The van der Waals surface area contributed by atoms with E-state index >= 15 is 0 Å². The molecular formula is C16H16FNO2. The molecule has 0 aromatic heterocycles. The van der Waals surface area contributed by atoms with E-state index in [1.54, 1.807) is 13.0 Å². The highest BCUT2D eigenvalue weighted by atomic mass is 19.1. The molecule has 0 atom stereocenters. The maximum Gasteiger partial charge on any atom is 0.254 e. The molecule has 0 aliphatic carbocycles. The lowest BCUT2D eigenvalue weighted by molar-refractivity contribution is 0.0943. The number of benzene rings is 2. The predicted molar refractivity (Wildman–Crippen MR) is 75.4 cm³/mol. The molecule has 3 nitrogen and oxygen atoms in total. The molecule has 0 saturated carbocycles. The third-order valence-corrected chi connectivity index (χ3v) is 2.77. The summed E-state index contributed by atoms with van der Waals surface area (Å²) in [6.07, 6.45) is 0. The number of hydrogen-bond acceptors (Lipinski definition) is 2. The number of rotatable bonds is 5. The van der Waals surface area contributed by atoms with Crippen molar-refractivity contribution in [2.24, 2.45) is 0 Å². The van der Waals surface area contributed by atoms with Gasteiger partial charge in [0.25, 0.3) is 5.91 Å². The van der Waals surface area contributed by atoms with Crippen molar-refractivity contribution in [2.45, 2.75) is 6.92 Å². The van der Waals surface area contributed by atoms with Gasteiger partial charge in [0.2, 0.25) is 0 Å². The van der Waals surface area contributed by atoms with E-state index in [0.717, 1.165) is 11.3 Å². The number of aryl methyl sites for hydroxylation is 1. The second kappa shape index (κ2) is 6.70. The fraction of sp³-hybridized carbons (Fsp3) is 0.188. The molecule has 4 heteroatoms. The van der Waals surface area contributed by atoms with Crippen molar-refractivity contribution in [2.75, 3.05) is 13.2 Å². The van der Waals surface area contributed by atoms with Crippen LogP contribution < -0.4 is 10.1 Å². The maximum atomic E-state index is 13.6. The Balaban J connectivity index is 1.80. The summed E-state index contributed by atoms with van der Waals surface area (Å²) in [5, 5.41) is 2.63. The van der Waals surface area contributed by atoms with Gasteiger partial charge in [-0.2, -0.15) is 0 Å². The van der Waals surface area contributed by atoms with Crippen molar-refractivity contribution in [1.82, 2.24) is 5.32 Å². The predicted octanol–water partition coefficient (Wildman–Crippen LogP) is 2.94. The Morgan fingerprint density at radius 3 is 2.65 bits per heavy atom. The van der Waals surface area contributed by atoms with Gasteiger partial charge in [-0.15, -0.1) is 0 Å².